The number of piperidine rings is 1. The van der Waals surface area contributed by atoms with Crippen molar-refractivity contribution in [3.8, 4) is 5.75 Å². The van der Waals surface area contributed by atoms with Gasteiger partial charge < -0.3 is 14.6 Å². The van der Waals surface area contributed by atoms with Gasteiger partial charge in [0.15, 0.2) is 0 Å². The number of carbonyl (C=O) groups is 1. The number of nitrogens with zero attached hydrogens (tertiary/aromatic N) is 2. The van der Waals surface area contributed by atoms with Gasteiger partial charge in [-0.15, -0.1) is 0 Å². The molecule has 1 fully saturated rings. The first kappa shape index (κ1) is 16.7. The molecule has 2 rings (SSSR count). The number of carboxylic acids is 1. The highest BCUT2D eigenvalue weighted by molar-refractivity contribution is 5.75. The molecule has 6 nitrogen and oxygen atoms in total. The summed E-state index contributed by atoms with van der Waals surface area (Å²) in [6.07, 6.45) is 3.84. The van der Waals surface area contributed by atoms with Gasteiger partial charge in [0.25, 0.3) is 0 Å². The molecule has 1 saturated heterocycles. The van der Waals surface area contributed by atoms with Gasteiger partial charge in [-0.1, -0.05) is 0 Å². The summed E-state index contributed by atoms with van der Waals surface area (Å²) in [6, 6.07) is 3.70. The molecular weight excluding hydrogens is 284 g/mol. The van der Waals surface area contributed by atoms with Crippen LogP contribution in [0.2, 0.25) is 0 Å². The highest BCUT2D eigenvalue weighted by Crippen LogP contribution is 2.34. The van der Waals surface area contributed by atoms with Crippen LogP contribution in [-0.2, 0) is 16.1 Å². The van der Waals surface area contributed by atoms with E-state index in [0.29, 0.717) is 32.5 Å². The van der Waals surface area contributed by atoms with Crippen molar-refractivity contribution in [1.82, 2.24) is 9.88 Å². The number of methoxy groups -OCH3 is 2. The number of rotatable bonds is 7. The molecule has 2 heterocycles. The lowest BCUT2D eigenvalue weighted by molar-refractivity contribution is -0.154. The van der Waals surface area contributed by atoms with Gasteiger partial charge in [0.1, 0.15) is 5.75 Å². The van der Waals surface area contributed by atoms with E-state index in [2.05, 4.69) is 9.88 Å². The number of likely N-dealkylation sites (tertiary alicyclic amines) is 1. The summed E-state index contributed by atoms with van der Waals surface area (Å²) in [5.74, 6) is 0.0405. The second-order valence-electron chi connectivity index (χ2n) is 5.83. The van der Waals surface area contributed by atoms with Gasteiger partial charge in [-0.25, -0.2) is 0 Å². The van der Waals surface area contributed by atoms with Crippen LogP contribution in [-0.4, -0.2) is 54.9 Å². The predicted molar refractivity (Wildman–Crippen MR) is 81.9 cm³/mol. The molecule has 0 spiro atoms. The summed E-state index contributed by atoms with van der Waals surface area (Å²) < 4.78 is 10.3. The van der Waals surface area contributed by atoms with E-state index in [4.69, 9.17) is 9.47 Å². The molecule has 1 aromatic heterocycles. The van der Waals surface area contributed by atoms with E-state index in [0.717, 1.165) is 24.4 Å². The Morgan fingerprint density at radius 2 is 2.32 bits per heavy atom. The number of carboxylic acid groups (broad SMARTS) is 1. The molecule has 1 aliphatic rings. The molecular formula is C16H24N2O4. The van der Waals surface area contributed by atoms with E-state index in [1.165, 1.54) is 0 Å². The molecule has 0 aliphatic carbocycles. The quantitative estimate of drug-likeness (QED) is 0.828. The van der Waals surface area contributed by atoms with Gasteiger partial charge in [0.05, 0.1) is 18.2 Å². The standard InChI is InChI=1S/C16H24N2O4/c1-21-9-6-16(15(19)20)5-3-8-18(12-16)11-13-10-14(22-2)4-7-17-13/h4,7,10H,3,5-6,8-9,11-12H2,1-2H3,(H,19,20). The van der Waals surface area contributed by atoms with Crippen molar-refractivity contribution in [2.24, 2.45) is 5.41 Å². The van der Waals surface area contributed by atoms with Gasteiger partial charge in [0, 0.05) is 39.1 Å². The number of aromatic nitrogens is 1. The summed E-state index contributed by atoms with van der Waals surface area (Å²) in [5, 5.41) is 9.66. The topological polar surface area (TPSA) is 71.9 Å². The molecule has 22 heavy (non-hydrogen) atoms. The molecule has 0 saturated carbocycles. The van der Waals surface area contributed by atoms with Crippen LogP contribution in [0.15, 0.2) is 18.3 Å². The van der Waals surface area contributed by atoms with Crippen LogP contribution in [0.25, 0.3) is 0 Å². The van der Waals surface area contributed by atoms with Crippen molar-refractivity contribution in [2.75, 3.05) is 33.9 Å². The van der Waals surface area contributed by atoms with Crippen molar-refractivity contribution < 1.29 is 19.4 Å². The third kappa shape index (κ3) is 3.96. The monoisotopic (exact) mass is 308 g/mol. The molecule has 122 valence electrons. The van der Waals surface area contributed by atoms with Crippen LogP contribution in [0.5, 0.6) is 5.75 Å². The Morgan fingerprint density at radius 1 is 1.50 bits per heavy atom. The van der Waals surface area contributed by atoms with Crippen LogP contribution in [0.1, 0.15) is 25.0 Å². The second kappa shape index (κ2) is 7.56. The predicted octanol–water partition coefficient (Wildman–Crippen LogP) is 1.79. The van der Waals surface area contributed by atoms with E-state index in [1.807, 2.05) is 6.07 Å². The Kier molecular flexibility index (Phi) is 5.74. The third-order valence-corrected chi connectivity index (χ3v) is 4.30. The van der Waals surface area contributed by atoms with Crippen LogP contribution in [0.3, 0.4) is 0 Å². The number of hydrogen-bond donors (Lipinski definition) is 1. The minimum Gasteiger partial charge on any atom is -0.497 e. The molecule has 1 unspecified atom stereocenters. The lowest BCUT2D eigenvalue weighted by Crippen LogP contribution is -2.48. The highest BCUT2D eigenvalue weighted by Gasteiger charge is 2.42. The van der Waals surface area contributed by atoms with E-state index >= 15 is 0 Å². The first-order valence-electron chi connectivity index (χ1n) is 7.53. The number of aliphatic carboxylic acids is 1. The Hall–Kier alpha value is -1.66. The van der Waals surface area contributed by atoms with Gasteiger partial charge >= 0.3 is 5.97 Å². The average Bonchev–Trinajstić information content (AvgIpc) is 2.53. The first-order chi connectivity index (χ1) is 10.6. The molecule has 1 atom stereocenters. The maximum absolute atomic E-state index is 11.8. The summed E-state index contributed by atoms with van der Waals surface area (Å²) in [6.45, 7) is 2.53. The lowest BCUT2D eigenvalue weighted by Gasteiger charge is -2.39. The van der Waals surface area contributed by atoms with E-state index in [9.17, 15) is 9.90 Å². The zero-order chi connectivity index (χ0) is 16.0. The zero-order valence-corrected chi connectivity index (χ0v) is 13.2. The normalized spacial score (nSPS) is 22.5. The molecule has 1 aliphatic heterocycles. The Morgan fingerprint density at radius 3 is 3.00 bits per heavy atom. The number of hydrogen-bond acceptors (Lipinski definition) is 5. The minimum atomic E-state index is -0.729. The van der Waals surface area contributed by atoms with Crippen molar-refractivity contribution in [2.45, 2.75) is 25.8 Å². The van der Waals surface area contributed by atoms with Gasteiger partial charge in [-0.05, 0) is 31.9 Å². The summed E-state index contributed by atoms with van der Waals surface area (Å²) in [5.41, 5.74) is 0.180. The fraction of sp³-hybridized carbons (Fsp3) is 0.625. The maximum atomic E-state index is 11.8. The van der Waals surface area contributed by atoms with E-state index in [1.54, 1.807) is 26.5 Å². The molecule has 0 radical (unpaired) electrons. The van der Waals surface area contributed by atoms with Gasteiger partial charge in [-0.3, -0.25) is 14.7 Å². The lowest BCUT2D eigenvalue weighted by atomic mass is 9.77. The zero-order valence-electron chi connectivity index (χ0n) is 13.2. The van der Waals surface area contributed by atoms with Crippen molar-refractivity contribution in [3.63, 3.8) is 0 Å². The molecule has 6 heteroatoms. The van der Waals surface area contributed by atoms with Gasteiger partial charge in [0.2, 0.25) is 0 Å². The van der Waals surface area contributed by atoms with Crippen LogP contribution in [0, 0.1) is 5.41 Å². The first-order valence-corrected chi connectivity index (χ1v) is 7.53. The summed E-state index contributed by atoms with van der Waals surface area (Å²) in [4.78, 5) is 18.3. The van der Waals surface area contributed by atoms with E-state index in [-0.39, 0.29) is 0 Å². The smallest absolute Gasteiger partial charge is 0.311 e. The molecule has 1 aromatic rings. The average molecular weight is 308 g/mol. The minimum absolute atomic E-state index is 0.470. The largest absolute Gasteiger partial charge is 0.497 e. The van der Waals surface area contributed by atoms with Crippen molar-refractivity contribution in [1.29, 1.82) is 0 Å². The Labute approximate surface area is 131 Å². The molecule has 0 bridgehead atoms. The van der Waals surface area contributed by atoms with Gasteiger partial charge in [-0.2, -0.15) is 0 Å². The van der Waals surface area contributed by atoms with Crippen molar-refractivity contribution in [3.05, 3.63) is 24.0 Å². The summed E-state index contributed by atoms with van der Waals surface area (Å²) >= 11 is 0. The second-order valence-corrected chi connectivity index (χ2v) is 5.83. The maximum Gasteiger partial charge on any atom is 0.311 e. The molecule has 0 amide bonds. The molecule has 1 N–H and O–H groups in total. The summed E-state index contributed by atoms with van der Waals surface area (Å²) in [7, 11) is 3.23. The van der Waals surface area contributed by atoms with Crippen LogP contribution < -0.4 is 4.74 Å². The van der Waals surface area contributed by atoms with Crippen LogP contribution in [0.4, 0.5) is 0 Å². The van der Waals surface area contributed by atoms with E-state index < -0.39 is 11.4 Å². The van der Waals surface area contributed by atoms with Crippen LogP contribution >= 0.6 is 0 Å². The number of ether oxygens (including phenoxy) is 2. The molecule has 0 aromatic carbocycles. The fourth-order valence-corrected chi connectivity index (χ4v) is 3.04. The SMILES string of the molecule is COCCC1(C(=O)O)CCCN(Cc2cc(OC)ccn2)C1. The Balaban J connectivity index is 2.06. The highest BCUT2D eigenvalue weighted by atomic mass is 16.5. The number of pyridine rings is 1. The van der Waals surface area contributed by atoms with Crippen molar-refractivity contribution >= 4 is 5.97 Å². The Bertz CT molecular complexity index is 509. The fourth-order valence-electron chi connectivity index (χ4n) is 3.04. The third-order valence-electron chi connectivity index (χ3n) is 4.30.